The predicted octanol–water partition coefficient (Wildman–Crippen LogP) is 3.82. The van der Waals surface area contributed by atoms with Gasteiger partial charge in [0, 0.05) is 37.6 Å². The normalized spacial score (nSPS) is 19.0. The lowest BCUT2D eigenvalue weighted by atomic mass is 9.86. The molecule has 0 unspecified atom stereocenters. The summed E-state index contributed by atoms with van der Waals surface area (Å²) in [5, 5.41) is 15.7. The first-order chi connectivity index (χ1) is 17.6. The number of amides is 1. The average molecular weight is 509 g/mol. The summed E-state index contributed by atoms with van der Waals surface area (Å²) in [7, 11) is 1.55. The summed E-state index contributed by atoms with van der Waals surface area (Å²) in [5.74, 6) is 1.67. The Hall–Kier alpha value is -3.40. The van der Waals surface area contributed by atoms with Crippen LogP contribution in [-0.2, 0) is 4.74 Å². The molecule has 0 bridgehead atoms. The van der Waals surface area contributed by atoms with Crippen molar-refractivity contribution in [2.24, 2.45) is 0 Å². The number of nitrogens with zero attached hydrogens (tertiary/aromatic N) is 6. The van der Waals surface area contributed by atoms with Crippen molar-refractivity contribution >= 4 is 22.8 Å². The lowest BCUT2D eigenvalue weighted by Crippen LogP contribution is -2.41. The molecule has 10 heteroatoms. The van der Waals surface area contributed by atoms with Crippen molar-refractivity contribution in [1.82, 2.24) is 24.6 Å². The van der Waals surface area contributed by atoms with Gasteiger partial charge >= 0.3 is 12.1 Å². The highest BCUT2D eigenvalue weighted by Crippen LogP contribution is 2.34. The minimum Gasteiger partial charge on any atom is -0.467 e. The fraction of sp³-hybridized carbons (Fsp3) is 0.556. The number of anilines is 1. The van der Waals surface area contributed by atoms with E-state index >= 15 is 0 Å². The van der Waals surface area contributed by atoms with Gasteiger partial charge in [-0.15, -0.1) is 0 Å². The second kappa shape index (κ2) is 9.81. The highest BCUT2D eigenvalue weighted by molar-refractivity contribution is 5.82. The van der Waals surface area contributed by atoms with Crippen LogP contribution >= 0.6 is 0 Å². The predicted molar refractivity (Wildman–Crippen MR) is 141 cm³/mol. The van der Waals surface area contributed by atoms with E-state index in [9.17, 15) is 9.90 Å². The molecule has 198 valence electrons. The number of rotatable bonds is 4. The summed E-state index contributed by atoms with van der Waals surface area (Å²) in [5.41, 5.74) is 2.95. The first-order valence-corrected chi connectivity index (χ1v) is 12.9. The molecule has 1 atom stereocenters. The molecule has 2 aliphatic heterocycles. The van der Waals surface area contributed by atoms with Gasteiger partial charge in [-0.1, -0.05) is 0 Å². The fourth-order valence-corrected chi connectivity index (χ4v) is 5.24. The van der Waals surface area contributed by atoms with Gasteiger partial charge in [0.05, 0.1) is 24.9 Å². The highest BCUT2D eigenvalue weighted by atomic mass is 16.6. The van der Waals surface area contributed by atoms with E-state index in [1.54, 1.807) is 7.11 Å². The maximum atomic E-state index is 12.5. The van der Waals surface area contributed by atoms with Crippen molar-refractivity contribution in [3.63, 3.8) is 0 Å². The zero-order valence-corrected chi connectivity index (χ0v) is 22.3. The largest absolute Gasteiger partial charge is 0.467 e. The Morgan fingerprint density at radius 2 is 1.78 bits per heavy atom. The molecule has 1 aromatic carbocycles. The van der Waals surface area contributed by atoms with E-state index in [4.69, 9.17) is 9.47 Å². The fourth-order valence-electron chi connectivity index (χ4n) is 5.24. The molecule has 5 rings (SSSR count). The Bertz CT molecular complexity index is 1290. The molecular weight excluding hydrogens is 472 g/mol. The first kappa shape index (κ1) is 25.3. The van der Waals surface area contributed by atoms with Crippen LogP contribution in [0.1, 0.15) is 57.1 Å². The molecule has 4 heterocycles. The summed E-state index contributed by atoms with van der Waals surface area (Å²) in [6, 6.07) is 6.54. The number of ether oxygens (including phenoxy) is 2. The Morgan fingerprint density at radius 1 is 1.05 bits per heavy atom. The van der Waals surface area contributed by atoms with Crippen molar-refractivity contribution in [2.75, 3.05) is 38.2 Å². The van der Waals surface area contributed by atoms with E-state index < -0.39 is 5.60 Å². The van der Waals surface area contributed by atoms with Gasteiger partial charge in [0.15, 0.2) is 5.82 Å². The average Bonchev–Trinajstić information content (AvgIpc) is 3.48. The number of carbonyl (C=O) groups excluding carboxylic acids is 1. The molecule has 2 fully saturated rings. The van der Waals surface area contributed by atoms with Crippen LogP contribution in [0.15, 0.2) is 24.4 Å². The first-order valence-electron chi connectivity index (χ1n) is 12.9. The number of likely N-dealkylation sites (tertiary alicyclic amines) is 1. The summed E-state index contributed by atoms with van der Waals surface area (Å²) in [6.07, 6.45) is 3.72. The number of carbonyl (C=O) groups is 1. The zero-order chi connectivity index (χ0) is 26.3. The molecular formula is C27H36N6O4. The molecule has 37 heavy (non-hydrogen) atoms. The molecule has 0 spiro atoms. The molecule has 2 aliphatic rings. The monoisotopic (exact) mass is 508 g/mol. The third-order valence-electron chi connectivity index (χ3n) is 7.11. The summed E-state index contributed by atoms with van der Waals surface area (Å²) in [4.78, 5) is 25.4. The number of aliphatic hydroxyl groups is 1. The number of hydrogen-bond acceptors (Lipinski definition) is 8. The van der Waals surface area contributed by atoms with E-state index in [0.29, 0.717) is 43.6 Å². The smallest absolute Gasteiger partial charge is 0.410 e. The summed E-state index contributed by atoms with van der Waals surface area (Å²) >= 11 is 0. The minimum atomic E-state index is -0.494. The second-order valence-electron chi connectivity index (χ2n) is 11.0. The van der Waals surface area contributed by atoms with Crippen molar-refractivity contribution < 1.29 is 19.4 Å². The standard InChI is InChI=1S/C27H36N6O4/c1-17-12-19-15-28-33(24-14-23(29-25(30-24)36-5)32-11-8-20(34)16-32)22(19)13-21(17)18-6-9-31(10-7-18)26(35)37-27(2,3)4/h12-15,18,20,34H,6-11,16H2,1-5H3/t20-/m1/s1. The third-order valence-corrected chi connectivity index (χ3v) is 7.11. The van der Waals surface area contributed by atoms with Gasteiger partial charge in [-0.25, -0.2) is 9.48 Å². The minimum absolute atomic E-state index is 0.241. The SMILES string of the molecule is COc1nc(N2CC[C@@H](O)C2)cc(-n2ncc3cc(C)c(C4CCN(C(=O)OC(C)(C)C)CC4)cc32)n1. The Morgan fingerprint density at radius 3 is 2.43 bits per heavy atom. The van der Waals surface area contributed by atoms with Gasteiger partial charge in [0.2, 0.25) is 0 Å². The Labute approximate surface area is 217 Å². The molecule has 0 saturated carbocycles. The number of aromatic nitrogens is 4. The number of methoxy groups -OCH3 is 1. The molecule has 1 N–H and O–H groups in total. The van der Waals surface area contributed by atoms with Gasteiger partial charge in [0.25, 0.3) is 0 Å². The van der Waals surface area contributed by atoms with Crippen molar-refractivity contribution in [1.29, 1.82) is 0 Å². The third kappa shape index (κ3) is 5.34. The van der Waals surface area contributed by atoms with Crippen LogP contribution in [0.3, 0.4) is 0 Å². The van der Waals surface area contributed by atoms with Crippen LogP contribution < -0.4 is 9.64 Å². The summed E-state index contributed by atoms with van der Waals surface area (Å²) in [6.45, 7) is 10.4. The van der Waals surface area contributed by atoms with E-state index in [2.05, 4.69) is 34.1 Å². The molecule has 3 aromatic rings. The van der Waals surface area contributed by atoms with Gasteiger partial charge in [0.1, 0.15) is 11.4 Å². The van der Waals surface area contributed by atoms with Gasteiger partial charge < -0.3 is 24.4 Å². The summed E-state index contributed by atoms with van der Waals surface area (Å²) < 4.78 is 12.8. The Kier molecular flexibility index (Phi) is 6.70. The van der Waals surface area contributed by atoms with Crippen LogP contribution in [0.5, 0.6) is 6.01 Å². The zero-order valence-electron chi connectivity index (χ0n) is 22.3. The lowest BCUT2D eigenvalue weighted by Gasteiger charge is -2.34. The number of benzene rings is 1. The van der Waals surface area contributed by atoms with Crippen LogP contribution in [0, 0.1) is 6.92 Å². The number of aryl methyl sites for hydroxylation is 1. The number of aliphatic hydroxyl groups excluding tert-OH is 1. The topological polar surface area (TPSA) is 106 Å². The molecule has 10 nitrogen and oxygen atoms in total. The Balaban J connectivity index is 1.42. The maximum absolute atomic E-state index is 12.5. The van der Waals surface area contributed by atoms with Crippen molar-refractivity contribution in [3.05, 3.63) is 35.5 Å². The maximum Gasteiger partial charge on any atom is 0.410 e. The number of β-amino-alcohol motifs (C(OH)–C–C–N with tert-alkyl or cyclic N) is 1. The van der Waals surface area contributed by atoms with Crippen LogP contribution in [0.4, 0.5) is 10.6 Å². The van der Waals surface area contributed by atoms with Gasteiger partial charge in [-0.2, -0.15) is 15.1 Å². The lowest BCUT2D eigenvalue weighted by molar-refractivity contribution is 0.0204. The molecule has 0 aliphatic carbocycles. The van der Waals surface area contributed by atoms with Crippen LogP contribution in [0.2, 0.25) is 0 Å². The van der Waals surface area contributed by atoms with Gasteiger partial charge in [-0.05, 0) is 76.1 Å². The van der Waals surface area contributed by atoms with Crippen LogP contribution in [-0.4, -0.2) is 80.8 Å². The molecule has 0 radical (unpaired) electrons. The van der Waals surface area contributed by atoms with E-state index in [0.717, 1.165) is 30.3 Å². The molecule has 1 amide bonds. The number of hydrogen-bond donors (Lipinski definition) is 1. The quantitative estimate of drug-likeness (QED) is 0.567. The van der Waals surface area contributed by atoms with Crippen molar-refractivity contribution in [2.45, 2.75) is 64.6 Å². The molecule has 2 saturated heterocycles. The van der Waals surface area contributed by atoms with E-state index in [-0.39, 0.29) is 18.2 Å². The number of piperidine rings is 1. The highest BCUT2D eigenvalue weighted by Gasteiger charge is 2.29. The van der Waals surface area contributed by atoms with E-state index in [1.807, 2.05) is 47.5 Å². The molecule has 2 aromatic heterocycles. The van der Waals surface area contributed by atoms with Crippen LogP contribution in [0.25, 0.3) is 16.7 Å². The van der Waals surface area contributed by atoms with E-state index in [1.165, 1.54) is 11.1 Å². The van der Waals surface area contributed by atoms with Gasteiger partial charge in [-0.3, -0.25) is 0 Å². The second-order valence-corrected chi connectivity index (χ2v) is 11.0. The number of fused-ring (bicyclic) bond motifs is 1. The van der Waals surface area contributed by atoms with Crippen molar-refractivity contribution in [3.8, 4) is 11.8 Å².